The van der Waals surface area contributed by atoms with Gasteiger partial charge in [0.1, 0.15) is 5.78 Å². The molecular formula is C20H24O3. The second-order valence-electron chi connectivity index (χ2n) is 5.74. The van der Waals surface area contributed by atoms with Crippen LogP contribution in [0, 0.1) is 0 Å². The van der Waals surface area contributed by atoms with E-state index in [4.69, 9.17) is 4.74 Å². The van der Waals surface area contributed by atoms with Crippen molar-refractivity contribution in [1.29, 1.82) is 0 Å². The zero-order valence-electron chi connectivity index (χ0n) is 13.6. The molecule has 0 aliphatic rings. The number of aryl methyl sites for hydroxylation is 2. The number of phenolic OH excluding ortho intramolecular Hbond substituents is 1. The zero-order chi connectivity index (χ0) is 16.5. The molecule has 0 heterocycles. The Hall–Kier alpha value is -2.29. The zero-order valence-corrected chi connectivity index (χ0v) is 13.6. The number of unbranched alkanes of at least 4 members (excludes halogenated alkanes) is 1. The third kappa shape index (κ3) is 5.78. The summed E-state index contributed by atoms with van der Waals surface area (Å²) in [5.41, 5.74) is 2.34. The number of methoxy groups -OCH3 is 1. The van der Waals surface area contributed by atoms with Gasteiger partial charge in [0.2, 0.25) is 0 Å². The van der Waals surface area contributed by atoms with E-state index in [1.165, 1.54) is 12.7 Å². The van der Waals surface area contributed by atoms with Gasteiger partial charge in [0.05, 0.1) is 7.11 Å². The minimum Gasteiger partial charge on any atom is -0.504 e. The van der Waals surface area contributed by atoms with Gasteiger partial charge in [0.25, 0.3) is 0 Å². The van der Waals surface area contributed by atoms with E-state index in [1.54, 1.807) is 12.1 Å². The molecule has 0 saturated carbocycles. The van der Waals surface area contributed by atoms with Crippen LogP contribution in [0.25, 0.3) is 0 Å². The second kappa shape index (κ2) is 8.99. The van der Waals surface area contributed by atoms with Crippen LogP contribution >= 0.6 is 0 Å². The summed E-state index contributed by atoms with van der Waals surface area (Å²) in [6.07, 6.45) is 4.88. The van der Waals surface area contributed by atoms with Crippen molar-refractivity contribution >= 4 is 5.78 Å². The Morgan fingerprint density at radius 3 is 2.48 bits per heavy atom. The average Bonchev–Trinajstić information content (AvgIpc) is 2.59. The van der Waals surface area contributed by atoms with E-state index in [0.717, 1.165) is 24.8 Å². The average molecular weight is 312 g/mol. The van der Waals surface area contributed by atoms with Crippen molar-refractivity contribution in [2.24, 2.45) is 0 Å². The van der Waals surface area contributed by atoms with Gasteiger partial charge < -0.3 is 9.84 Å². The Kier molecular flexibility index (Phi) is 6.67. The summed E-state index contributed by atoms with van der Waals surface area (Å²) in [7, 11) is 1.52. The van der Waals surface area contributed by atoms with Gasteiger partial charge in [-0.3, -0.25) is 4.79 Å². The fourth-order valence-corrected chi connectivity index (χ4v) is 2.58. The highest BCUT2D eigenvalue weighted by Crippen LogP contribution is 2.26. The molecule has 0 unspecified atom stereocenters. The predicted molar refractivity (Wildman–Crippen MR) is 92.0 cm³/mol. The smallest absolute Gasteiger partial charge is 0.160 e. The van der Waals surface area contributed by atoms with Gasteiger partial charge >= 0.3 is 0 Å². The normalized spacial score (nSPS) is 10.5. The van der Waals surface area contributed by atoms with E-state index in [0.29, 0.717) is 30.8 Å². The lowest BCUT2D eigenvalue weighted by molar-refractivity contribution is -0.119. The van der Waals surface area contributed by atoms with E-state index in [1.807, 2.05) is 24.3 Å². The number of carbonyl (C=O) groups is 1. The van der Waals surface area contributed by atoms with Crippen molar-refractivity contribution in [2.45, 2.75) is 38.5 Å². The minimum absolute atomic E-state index is 0.128. The Balaban J connectivity index is 1.67. The van der Waals surface area contributed by atoms with Gasteiger partial charge in [-0.25, -0.2) is 0 Å². The van der Waals surface area contributed by atoms with Crippen LogP contribution in [0.1, 0.15) is 36.8 Å². The number of ether oxygens (including phenoxy) is 1. The first kappa shape index (κ1) is 17.1. The number of aromatic hydroxyl groups is 1. The SMILES string of the molecule is COc1cc(CCC(=O)CCCCc2ccccc2)ccc1O. The summed E-state index contributed by atoms with van der Waals surface area (Å²) in [5.74, 6) is 0.881. The second-order valence-corrected chi connectivity index (χ2v) is 5.74. The quantitative estimate of drug-likeness (QED) is 0.702. The van der Waals surface area contributed by atoms with Crippen LogP contribution in [0.3, 0.4) is 0 Å². The van der Waals surface area contributed by atoms with Gasteiger partial charge in [0.15, 0.2) is 11.5 Å². The molecule has 3 heteroatoms. The summed E-state index contributed by atoms with van der Waals surface area (Å²) in [4.78, 5) is 12.0. The molecule has 0 fully saturated rings. The monoisotopic (exact) mass is 312 g/mol. The number of Topliss-reactive ketones (excluding diaryl/α,β-unsaturated/α-hetero) is 1. The highest BCUT2D eigenvalue weighted by molar-refractivity contribution is 5.78. The van der Waals surface area contributed by atoms with Crippen molar-refractivity contribution in [3.8, 4) is 11.5 Å². The Morgan fingerprint density at radius 2 is 1.74 bits per heavy atom. The standard InChI is InChI=1S/C20H24O3/c1-23-20-15-17(12-14-19(20)22)11-13-18(21)10-6-5-9-16-7-3-2-4-8-16/h2-4,7-8,12,14-15,22H,5-6,9-11,13H2,1H3. The molecule has 2 aromatic carbocycles. The number of phenols is 1. The van der Waals surface area contributed by atoms with Gasteiger partial charge in [0, 0.05) is 12.8 Å². The number of carbonyl (C=O) groups excluding carboxylic acids is 1. The first-order valence-corrected chi connectivity index (χ1v) is 8.10. The minimum atomic E-state index is 0.128. The van der Waals surface area contributed by atoms with Gasteiger partial charge in [-0.05, 0) is 48.9 Å². The predicted octanol–water partition coefficient (Wildman–Crippen LogP) is 4.32. The summed E-state index contributed by atoms with van der Waals surface area (Å²) >= 11 is 0. The molecule has 0 aliphatic carbocycles. The van der Waals surface area contributed by atoms with E-state index in [9.17, 15) is 9.90 Å². The van der Waals surface area contributed by atoms with Crippen LogP contribution in [-0.2, 0) is 17.6 Å². The van der Waals surface area contributed by atoms with E-state index in [-0.39, 0.29) is 5.75 Å². The molecule has 1 N–H and O–H groups in total. The third-order valence-electron chi connectivity index (χ3n) is 3.95. The molecule has 0 aromatic heterocycles. The van der Waals surface area contributed by atoms with Crippen molar-refractivity contribution in [3.63, 3.8) is 0 Å². The lowest BCUT2D eigenvalue weighted by atomic mass is 10.0. The molecule has 2 rings (SSSR count). The van der Waals surface area contributed by atoms with Crippen molar-refractivity contribution < 1.29 is 14.6 Å². The number of hydrogen-bond donors (Lipinski definition) is 1. The molecule has 3 nitrogen and oxygen atoms in total. The summed E-state index contributed by atoms with van der Waals surface area (Å²) in [6.45, 7) is 0. The molecular weight excluding hydrogens is 288 g/mol. The fourth-order valence-electron chi connectivity index (χ4n) is 2.58. The molecule has 0 bridgehead atoms. The molecule has 0 atom stereocenters. The maximum Gasteiger partial charge on any atom is 0.160 e. The molecule has 2 aromatic rings. The maximum atomic E-state index is 12.0. The van der Waals surface area contributed by atoms with Crippen molar-refractivity contribution in [1.82, 2.24) is 0 Å². The molecule has 0 saturated heterocycles. The first-order chi connectivity index (χ1) is 11.2. The highest BCUT2D eigenvalue weighted by atomic mass is 16.5. The number of hydrogen-bond acceptors (Lipinski definition) is 3. The lowest BCUT2D eigenvalue weighted by Crippen LogP contribution is -2.01. The van der Waals surface area contributed by atoms with Crippen LogP contribution in [0.2, 0.25) is 0 Å². The molecule has 0 amide bonds. The van der Waals surface area contributed by atoms with Crippen LogP contribution in [0.5, 0.6) is 11.5 Å². The first-order valence-electron chi connectivity index (χ1n) is 8.10. The van der Waals surface area contributed by atoms with Gasteiger partial charge in [-0.15, -0.1) is 0 Å². The summed E-state index contributed by atoms with van der Waals surface area (Å²) in [5, 5.41) is 9.56. The van der Waals surface area contributed by atoms with Gasteiger partial charge in [-0.2, -0.15) is 0 Å². The van der Waals surface area contributed by atoms with E-state index < -0.39 is 0 Å². The number of ketones is 1. The van der Waals surface area contributed by atoms with Crippen LogP contribution in [0.15, 0.2) is 48.5 Å². The molecule has 0 radical (unpaired) electrons. The topological polar surface area (TPSA) is 46.5 Å². The Labute approximate surface area is 137 Å². The Bertz CT molecular complexity index is 620. The molecule has 122 valence electrons. The van der Waals surface area contributed by atoms with Crippen LogP contribution in [-0.4, -0.2) is 18.0 Å². The summed E-state index contributed by atoms with van der Waals surface area (Å²) < 4.78 is 5.08. The highest BCUT2D eigenvalue weighted by Gasteiger charge is 2.06. The van der Waals surface area contributed by atoms with E-state index in [2.05, 4.69) is 12.1 Å². The summed E-state index contributed by atoms with van der Waals surface area (Å²) in [6, 6.07) is 15.6. The molecule has 0 spiro atoms. The Morgan fingerprint density at radius 1 is 0.957 bits per heavy atom. The van der Waals surface area contributed by atoms with Crippen LogP contribution in [0.4, 0.5) is 0 Å². The maximum absolute atomic E-state index is 12.0. The van der Waals surface area contributed by atoms with Crippen molar-refractivity contribution in [3.05, 3.63) is 59.7 Å². The van der Waals surface area contributed by atoms with Crippen molar-refractivity contribution in [2.75, 3.05) is 7.11 Å². The van der Waals surface area contributed by atoms with Crippen LogP contribution < -0.4 is 4.74 Å². The largest absolute Gasteiger partial charge is 0.504 e. The van der Waals surface area contributed by atoms with E-state index >= 15 is 0 Å². The number of rotatable bonds is 9. The molecule has 23 heavy (non-hydrogen) atoms. The lowest BCUT2D eigenvalue weighted by Gasteiger charge is -2.06. The third-order valence-corrected chi connectivity index (χ3v) is 3.95. The van der Waals surface area contributed by atoms with Gasteiger partial charge in [-0.1, -0.05) is 36.4 Å². The number of benzene rings is 2. The molecule has 0 aliphatic heterocycles. The fraction of sp³-hybridized carbons (Fsp3) is 0.350.